The van der Waals surface area contributed by atoms with E-state index in [0.717, 1.165) is 5.56 Å². The molecule has 1 aliphatic rings. The fourth-order valence-electron chi connectivity index (χ4n) is 3.93. The number of benzene rings is 3. The first-order valence-corrected chi connectivity index (χ1v) is 12.2. The van der Waals surface area contributed by atoms with Crippen LogP contribution in [0.2, 0.25) is 15.1 Å². The molecule has 188 valence electrons. The number of carbonyl (C=O) groups excluding carboxylic acids is 1. The highest BCUT2D eigenvalue weighted by Crippen LogP contribution is 2.41. The Hall–Kier alpha value is -3.13. The lowest BCUT2D eigenvalue weighted by molar-refractivity contribution is -0.139. The Kier molecular flexibility index (Phi) is 8.14. The van der Waals surface area contributed by atoms with Gasteiger partial charge in [-0.3, -0.25) is 9.59 Å². The maximum Gasteiger partial charge on any atom is 0.311 e. The number of nitrogens with one attached hydrogen (secondary N) is 1. The van der Waals surface area contributed by atoms with E-state index in [-0.39, 0.29) is 10.9 Å². The number of halogens is 3. The number of hydrogen-bond acceptors (Lipinski definition) is 5. The number of methoxy groups -OCH3 is 1. The molecule has 1 atom stereocenters. The van der Waals surface area contributed by atoms with Crippen molar-refractivity contribution in [3.05, 3.63) is 80.3 Å². The van der Waals surface area contributed by atoms with Gasteiger partial charge in [-0.05, 0) is 55.3 Å². The van der Waals surface area contributed by atoms with Crippen LogP contribution >= 0.6 is 34.8 Å². The Bertz CT molecular complexity index is 1300. The van der Waals surface area contributed by atoms with Gasteiger partial charge in [0.1, 0.15) is 23.0 Å². The molecule has 0 aliphatic carbocycles. The van der Waals surface area contributed by atoms with Crippen molar-refractivity contribution in [2.24, 2.45) is 0 Å². The highest BCUT2D eigenvalue weighted by atomic mass is 35.5. The van der Waals surface area contributed by atoms with Crippen molar-refractivity contribution in [2.45, 2.75) is 18.8 Å². The third-order valence-electron chi connectivity index (χ3n) is 5.75. The summed E-state index contributed by atoms with van der Waals surface area (Å²) < 4.78 is 16.8. The van der Waals surface area contributed by atoms with Gasteiger partial charge in [-0.25, -0.2) is 0 Å². The third-order valence-corrected chi connectivity index (χ3v) is 6.60. The first-order valence-electron chi connectivity index (χ1n) is 11.0. The van der Waals surface area contributed by atoms with Crippen molar-refractivity contribution in [1.29, 1.82) is 0 Å². The van der Waals surface area contributed by atoms with Crippen molar-refractivity contribution in [1.82, 2.24) is 5.32 Å². The molecule has 10 heteroatoms. The molecule has 0 fully saturated rings. The van der Waals surface area contributed by atoms with Crippen molar-refractivity contribution in [3.8, 4) is 23.0 Å². The number of fused-ring (bicyclic) bond motifs is 1. The second-order valence-electron chi connectivity index (χ2n) is 8.05. The Labute approximate surface area is 222 Å². The molecule has 3 aromatic rings. The molecule has 0 spiro atoms. The Morgan fingerprint density at radius 2 is 1.81 bits per heavy atom. The number of carboxylic acids is 1. The van der Waals surface area contributed by atoms with Gasteiger partial charge in [0.15, 0.2) is 0 Å². The van der Waals surface area contributed by atoms with Crippen LogP contribution in [0.15, 0.2) is 48.5 Å². The molecule has 0 saturated carbocycles. The summed E-state index contributed by atoms with van der Waals surface area (Å²) >= 11 is 18.6. The van der Waals surface area contributed by atoms with Crippen LogP contribution < -0.4 is 19.5 Å². The molecule has 1 aliphatic heterocycles. The summed E-state index contributed by atoms with van der Waals surface area (Å²) in [5, 5.41) is 13.5. The number of ether oxygens (including phenoxy) is 3. The Morgan fingerprint density at radius 3 is 2.50 bits per heavy atom. The van der Waals surface area contributed by atoms with Crippen LogP contribution in [0.4, 0.5) is 0 Å². The lowest BCUT2D eigenvalue weighted by atomic mass is 9.93. The molecule has 0 bridgehead atoms. The summed E-state index contributed by atoms with van der Waals surface area (Å²) in [4.78, 5) is 24.1. The van der Waals surface area contributed by atoms with E-state index in [1.165, 1.54) is 7.11 Å². The maximum absolute atomic E-state index is 12.6. The quantitative estimate of drug-likeness (QED) is 0.338. The van der Waals surface area contributed by atoms with Gasteiger partial charge in [0.25, 0.3) is 5.91 Å². The molecule has 0 radical (unpaired) electrons. The van der Waals surface area contributed by atoms with E-state index >= 15 is 0 Å². The number of carboxylic acid groups (broad SMARTS) is 1. The second kappa shape index (κ2) is 11.3. The summed E-state index contributed by atoms with van der Waals surface area (Å²) in [5.74, 6) is -0.0763. The number of rotatable bonds is 8. The van der Waals surface area contributed by atoms with E-state index in [2.05, 4.69) is 5.32 Å². The lowest BCUT2D eigenvalue weighted by Crippen LogP contribution is -2.25. The summed E-state index contributed by atoms with van der Waals surface area (Å²) in [6.07, 6.45) is 0.844. The molecule has 1 heterocycles. The highest BCUT2D eigenvalue weighted by molar-refractivity contribution is 6.35. The monoisotopic (exact) mass is 549 g/mol. The normalized spacial score (nSPS) is 14.4. The zero-order valence-electron chi connectivity index (χ0n) is 19.1. The molecule has 2 N–H and O–H groups in total. The van der Waals surface area contributed by atoms with Gasteiger partial charge in [-0.15, -0.1) is 0 Å². The largest absolute Gasteiger partial charge is 0.496 e. The van der Waals surface area contributed by atoms with Crippen LogP contribution in [0.1, 0.15) is 33.8 Å². The van der Waals surface area contributed by atoms with Gasteiger partial charge in [-0.1, -0.05) is 34.8 Å². The smallest absolute Gasteiger partial charge is 0.311 e. The van der Waals surface area contributed by atoms with Gasteiger partial charge in [0.2, 0.25) is 0 Å². The van der Waals surface area contributed by atoms with Gasteiger partial charge in [0.05, 0.1) is 24.7 Å². The first kappa shape index (κ1) is 25.9. The van der Waals surface area contributed by atoms with Crippen molar-refractivity contribution >= 4 is 46.7 Å². The van der Waals surface area contributed by atoms with Crippen LogP contribution in [0.3, 0.4) is 0 Å². The van der Waals surface area contributed by atoms with Crippen molar-refractivity contribution < 1.29 is 28.9 Å². The van der Waals surface area contributed by atoms with E-state index in [4.69, 9.17) is 49.0 Å². The number of aliphatic carboxylic acids is 1. The number of hydrogen-bond donors (Lipinski definition) is 2. The number of carbonyl (C=O) groups is 2. The minimum absolute atomic E-state index is 0.259. The Morgan fingerprint density at radius 1 is 1.06 bits per heavy atom. The predicted molar refractivity (Wildman–Crippen MR) is 138 cm³/mol. The molecular formula is C26H22Cl3NO6. The molecule has 4 rings (SSSR count). The second-order valence-corrected chi connectivity index (χ2v) is 9.30. The van der Waals surface area contributed by atoms with Gasteiger partial charge < -0.3 is 24.6 Å². The van der Waals surface area contributed by atoms with Gasteiger partial charge in [-0.2, -0.15) is 0 Å². The van der Waals surface area contributed by atoms with E-state index in [1.807, 2.05) is 0 Å². The van der Waals surface area contributed by atoms with Crippen molar-refractivity contribution in [2.75, 3.05) is 20.3 Å². The van der Waals surface area contributed by atoms with Gasteiger partial charge in [0, 0.05) is 39.3 Å². The average molecular weight is 551 g/mol. The average Bonchev–Trinajstić information content (AvgIpc) is 2.85. The summed E-state index contributed by atoms with van der Waals surface area (Å²) in [6, 6.07) is 13.0. The van der Waals surface area contributed by atoms with Crippen LogP contribution in [-0.2, 0) is 11.2 Å². The molecule has 36 heavy (non-hydrogen) atoms. The lowest BCUT2D eigenvalue weighted by Gasteiger charge is -2.24. The molecule has 3 aromatic carbocycles. The summed E-state index contributed by atoms with van der Waals surface area (Å²) in [6.45, 7) is 0.642. The Balaban J connectivity index is 1.39. The van der Waals surface area contributed by atoms with E-state index in [0.29, 0.717) is 70.2 Å². The van der Waals surface area contributed by atoms with E-state index in [9.17, 15) is 14.7 Å². The topological polar surface area (TPSA) is 94.1 Å². The predicted octanol–water partition coefficient (Wildman–Crippen LogP) is 6.37. The molecule has 1 amide bonds. The summed E-state index contributed by atoms with van der Waals surface area (Å²) in [7, 11) is 1.53. The zero-order chi connectivity index (χ0) is 25.8. The maximum atomic E-state index is 12.6. The van der Waals surface area contributed by atoms with Gasteiger partial charge >= 0.3 is 5.97 Å². The zero-order valence-corrected chi connectivity index (χ0v) is 21.4. The molecule has 7 nitrogen and oxygen atoms in total. The molecule has 0 saturated heterocycles. The molecule has 0 aromatic heterocycles. The first-order chi connectivity index (χ1) is 17.3. The highest BCUT2D eigenvalue weighted by Gasteiger charge is 2.29. The number of amides is 1. The minimum Gasteiger partial charge on any atom is -0.496 e. The fraction of sp³-hybridized carbons (Fsp3) is 0.231. The van der Waals surface area contributed by atoms with Crippen LogP contribution in [0, 0.1) is 0 Å². The van der Waals surface area contributed by atoms with Crippen LogP contribution in [0.25, 0.3) is 0 Å². The van der Waals surface area contributed by atoms with Crippen LogP contribution in [-0.4, -0.2) is 37.2 Å². The molecular weight excluding hydrogens is 529 g/mol. The van der Waals surface area contributed by atoms with E-state index < -0.39 is 11.9 Å². The van der Waals surface area contributed by atoms with E-state index in [1.54, 1.807) is 48.5 Å². The fourth-order valence-corrected chi connectivity index (χ4v) is 4.71. The SMILES string of the molecule is COc1cc(Cl)cc(Cl)c1CCNC(=O)c1ccc(Oc2cc3c(cc2Cl)[C@H](C(=O)O)CCO3)cc1. The standard InChI is InChI=1S/C26H22Cl3NO6/c1-34-22-11-15(27)10-20(28)18(22)6-8-30-25(31)14-2-4-16(5-3-14)36-24-13-23-19(12-21(24)29)17(26(32)33)7-9-35-23/h2-5,10-13,17H,6-9H2,1H3,(H,30,31)(H,32,33)/t17-/m1/s1. The van der Waals surface area contributed by atoms with Crippen LogP contribution in [0.5, 0.6) is 23.0 Å². The molecule has 0 unspecified atom stereocenters. The third kappa shape index (κ3) is 5.81. The minimum atomic E-state index is -0.923. The summed E-state index contributed by atoms with van der Waals surface area (Å²) in [5.41, 5.74) is 1.73. The van der Waals surface area contributed by atoms with Crippen molar-refractivity contribution in [3.63, 3.8) is 0 Å².